The number of nitrogens with zero attached hydrogens (tertiary/aromatic N) is 3. The lowest BCUT2D eigenvalue weighted by Crippen LogP contribution is -2.22. The maximum atomic E-state index is 8.92. The third-order valence-corrected chi connectivity index (χ3v) is 5.43. The molecular formula is C14H21BrN4O2Si. The van der Waals surface area contributed by atoms with E-state index < -0.39 is 8.07 Å². The zero-order valence-corrected chi connectivity index (χ0v) is 15.6. The largest absolute Gasteiger partial charge is 0.409 e. The topological polar surface area (TPSA) is 85.7 Å². The minimum absolute atomic E-state index is 0.0609. The highest BCUT2D eigenvalue weighted by molar-refractivity contribution is 9.10. The van der Waals surface area contributed by atoms with Crippen molar-refractivity contribution in [3.8, 4) is 0 Å². The molecule has 0 amide bonds. The first-order valence-electron chi connectivity index (χ1n) is 7.02. The van der Waals surface area contributed by atoms with Crippen molar-refractivity contribution in [3.05, 3.63) is 28.5 Å². The van der Waals surface area contributed by atoms with Crippen LogP contribution in [0.1, 0.15) is 5.56 Å². The number of amidine groups is 1. The summed E-state index contributed by atoms with van der Waals surface area (Å²) < 4.78 is 8.48. The van der Waals surface area contributed by atoms with Gasteiger partial charge in [-0.2, -0.15) is 0 Å². The highest BCUT2D eigenvalue weighted by Crippen LogP contribution is 2.23. The van der Waals surface area contributed by atoms with Crippen LogP contribution in [0.3, 0.4) is 0 Å². The molecule has 0 saturated heterocycles. The fraction of sp³-hybridized carbons (Fsp3) is 0.429. The van der Waals surface area contributed by atoms with E-state index in [0.717, 1.165) is 28.2 Å². The summed E-state index contributed by atoms with van der Waals surface area (Å²) in [7, 11) is -1.10. The van der Waals surface area contributed by atoms with Crippen LogP contribution < -0.4 is 5.73 Å². The molecule has 0 radical (unpaired) electrons. The van der Waals surface area contributed by atoms with Gasteiger partial charge >= 0.3 is 0 Å². The summed E-state index contributed by atoms with van der Waals surface area (Å²) >= 11 is 3.39. The molecule has 6 nitrogen and oxygen atoms in total. The van der Waals surface area contributed by atoms with E-state index in [1.807, 2.05) is 10.6 Å². The number of halogens is 1. The molecule has 0 fully saturated rings. The average Bonchev–Trinajstić information content (AvgIpc) is 2.79. The molecule has 0 saturated carbocycles. The van der Waals surface area contributed by atoms with Gasteiger partial charge < -0.3 is 20.2 Å². The van der Waals surface area contributed by atoms with E-state index in [-0.39, 0.29) is 5.84 Å². The molecule has 2 aromatic heterocycles. The van der Waals surface area contributed by atoms with E-state index in [9.17, 15) is 0 Å². The first kappa shape index (κ1) is 17.0. The van der Waals surface area contributed by atoms with Crippen LogP contribution in [0.15, 0.2) is 28.1 Å². The molecule has 0 unspecified atom stereocenters. The van der Waals surface area contributed by atoms with Gasteiger partial charge in [0, 0.05) is 42.5 Å². The molecule has 120 valence electrons. The smallest absolute Gasteiger partial charge is 0.172 e. The Bertz CT molecular complexity index is 694. The minimum Gasteiger partial charge on any atom is -0.409 e. The van der Waals surface area contributed by atoms with Crippen LogP contribution in [-0.4, -0.2) is 35.3 Å². The molecule has 0 bridgehead atoms. The number of hydrogen-bond donors (Lipinski definition) is 2. The molecule has 0 aliphatic heterocycles. The lowest BCUT2D eigenvalue weighted by atomic mass is 10.2. The highest BCUT2D eigenvalue weighted by Gasteiger charge is 2.15. The third-order valence-electron chi connectivity index (χ3n) is 3.29. The fourth-order valence-corrected chi connectivity index (χ4v) is 3.13. The van der Waals surface area contributed by atoms with Crippen LogP contribution in [0, 0.1) is 0 Å². The number of fused-ring (bicyclic) bond motifs is 1. The summed E-state index contributed by atoms with van der Waals surface area (Å²) in [5, 5.41) is 12.8. The van der Waals surface area contributed by atoms with Crippen molar-refractivity contribution in [2.75, 3.05) is 6.61 Å². The molecule has 2 rings (SSSR count). The number of hydrogen-bond acceptors (Lipinski definition) is 4. The number of nitrogens with two attached hydrogens (primary N) is 1. The zero-order chi connectivity index (χ0) is 16.3. The molecule has 0 aliphatic carbocycles. The van der Waals surface area contributed by atoms with Gasteiger partial charge in [0.1, 0.15) is 12.4 Å². The summed E-state index contributed by atoms with van der Waals surface area (Å²) in [6, 6.07) is 3.01. The standard InChI is InChI=1S/C14H21BrN4O2Si/c1-22(2,3)5-4-21-9-19-8-12(13(16)18-20)11-6-10(15)7-17-14(11)19/h6-8,20H,4-5,9H2,1-3H3,(H2,16,18). The van der Waals surface area contributed by atoms with E-state index in [1.54, 1.807) is 12.4 Å². The molecule has 0 aliphatic rings. The molecule has 3 N–H and O–H groups in total. The number of rotatable bonds is 6. The van der Waals surface area contributed by atoms with Crippen molar-refractivity contribution in [1.82, 2.24) is 9.55 Å². The Morgan fingerprint density at radius 3 is 2.86 bits per heavy atom. The van der Waals surface area contributed by atoms with Gasteiger partial charge in [-0.25, -0.2) is 4.98 Å². The number of pyridine rings is 1. The Kier molecular flexibility index (Phi) is 5.25. The molecule has 0 aromatic carbocycles. The Morgan fingerprint density at radius 1 is 1.50 bits per heavy atom. The minimum atomic E-state index is -1.10. The monoisotopic (exact) mass is 384 g/mol. The Balaban J connectivity index is 2.23. The van der Waals surface area contributed by atoms with Crippen molar-refractivity contribution in [2.24, 2.45) is 10.9 Å². The summed E-state index contributed by atoms with van der Waals surface area (Å²) in [5.41, 5.74) is 7.13. The molecular weight excluding hydrogens is 364 g/mol. The number of ether oxygens (including phenoxy) is 1. The second kappa shape index (κ2) is 6.80. The second-order valence-corrected chi connectivity index (χ2v) is 12.9. The van der Waals surface area contributed by atoms with Crippen LogP contribution in [-0.2, 0) is 11.5 Å². The lowest BCUT2D eigenvalue weighted by molar-refractivity contribution is 0.0898. The summed E-state index contributed by atoms with van der Waals surface area (Å²) in [4.78, 5) is 4.40. The third kappa shape index (κ3) is 4.08. The van der Waals surface area contributed by atoms with E-state index in [2.05, 4.69) is 45.7 Å². The molecule has 2 aromatic rings. The van der Waals surface area contributed by atoms with E-state index >= 15 is 0 Å². The number of oxime groups is 1. The predicted molar refractivity (Wildman–Crippen MR) is 94.0 cm³/mol. The van der Waals surface area contributed by atoms with Gasteiger partial charge in [-0.3, -0.25) is 0 Å². The Hall–Kier alpha value is -1.38. The molecule has 2 heterocycles. The molecule has 0 spiro atoms. The van der Waals surface area contributed by atoms with Gasteiger partial charge in [0.15, 0.2) is 5.84 Å². The lowest BCUT2D eigenvalue weighted by Gasteiger charge is -2.15. The van der Waals surface area contributed by atoms with Crippen LogP contribution in [0.2, 0.25) is 25.7 Å². The molecule has 8 heteroatoms. The fourth-order valence-electron chi connectivity index (χ4n) is 2.04. The van der Waals surface area contributed by atoms with E-state index in [0.29, 0.717) is 12.3 Å². The van der Waals surface area contributed by atoms with E-state index in [1.165, 1.54) is 0 Å². The molecule has 0 atom stereocenters. The van der Waals surface area contributed by atoms with Gasteiger partial charge in [0.2, 0.25) is 0 Å². The Morgan fingerprint density at radius 2 is 2.23 bits per heavy atom. The van der Waals surface area contributed by atoms with Crippen molar-refractivity contribution >= 4 is 40.9 Å². The first-order valence-corrected chi connectivity index (χ1v) is 11.5. The summed E-state index contributed by atoms with van der Waals surface area (Å²) in [6.07, 6.45) is 3.52. The van der Waals surface area contributed by atoms with Crippen LogP contribution >= 0.6 is 15.9 Å². The van der Waals surface area contributed by atoms with Gasteiger partial charge in [0.05, 0.1) is 0 Å². The summed E-state index contributed by atoms with van der Waals surface area (Å²) in [6.45, 7) is 8.07. The SMILES string of the molecule is C[Si](C)(C)CCOCn1cc(/C(N)=N/O)c2cc(Br)cnc21. The van der Waals surface area contributed by atoms with Crippen LogP contribution in [0.25, 0.3) is 11.0 Å². The van der Waals surface area contributed by atoms with Crippen molar-refractivity contribution in [3.63, 3.8) is 0 Å². The van der Waals surface area contributed by atoms with Crippen molar-refractivity contribution < 1.29 is 9.94 Å². The highest BCUT2D eigenvalue weighted by atomic mass is 79.9. The van der Waals surface area contributed by atoms with Crippen LogP contribution in [0.4, 0.5) is 0 Å². The van der Waals surface area contributed by atoms with Crippen molar-refractivity contribution in [1.29, 1.82) is 0 Å². The predicted octanol–water partition coefficient (Wildman–Crippen LogP) is 3.21. The summed E-state index contributed by atoms with van der Waals surface area (Å²) in [5.74, 6) is 0.0609. The maximum absolute atomic E-state index is 8.92. The molecule has 22 heavy (non-hydrogen) atoms. The number of aromatic nitrogens is 2. The van der Waals surface area contributed by atoms with Gasteiger partial charge in [-0.1, -0.05) is 24.8 Å². The van der Waals surface area contributed by atoms with Gasteiger partial charge in [-0.05, 0) is 28.0 Å². The van der Waals surface area contributed by atoms with E-state index in [4.69, 9.17) is 15.7 Å². The quantitative estimate of drug-likeness (QED) is 0.200. The average molecular weight is 385 g/mol. The second-order valence-electron chi connectivity index (χ2n) is 6.37. The van der Waals surface area contributed by atoms with Gasteiger partial charge in [0.25, 0.3) is 0 Å². The van der Waals surface area contributed by atoms with Crippen LogP contribution in [0.5, 0.6) is 0 Å². The maximum Gasteiger partial charge on any atom is 0.172 e. The first-order chi connectivity index (χ1) is 10.3. The van der Waals surface area contributed by atoms with Gasteiger partial charge in [-0.15, -0.1) is 0 Å². The Labute approximate surface area is 139 Å². The normalized spacial score (nSPS) is 13.0. The zero-order valence-electron chi connectivity index (χ0n) is 13.0. The van der Waals surface area contributed by atoms with Crippen molar-refractivity contribution in [2.45, 2.75) is 32.4 Å².